The molecular weight excluding hydrogens is 198 g/mol. The third-order valence-corrected chi connectivity index (χ3v) is 2.92. The second-order valence-corrected chi connectivity index (χ2v) is 3.82. The van der Waals surface area contributed by atoms with E-state index in [0.717, 1.165) is 10.7 Å². The Morgan fingerprint density at radius 1 is 1.50 bits per heavy atom. The fourth-order valence-electron chi connectivity index (χ4n) is 1.30. The average molecular weight is 205 g/mol. The van der Waals surface area contributed by atoms with Gasteiger partial charge in [-0.15, -0.1) is 16.4 Å². The lowest BCUT2D eigenvalue weighted by molar-refractivity contribution is 0.577. The van der Waals surface area contributed by atoms with Crippen LogP contribution in [0.15, 0.2) is 28.2 Å². The van der Waals surface area contributed by atoms with Crippen molar-refractivity contribution in [2.24, 2.45) is 0 Å². The van der Waals surface area contributed by atoms with Crippen LogP contribution >= 0.6 is 11.3 Å². The molecule has 0 aliphatic heterocycles. The van der Waals surface area contributed by atoms with Crippen LogP contribution < -0.4 is 0 Å². The van der Waals surface area contributed by atoms with E-state index in [4.69, 9.17) is 4.42 Å². The van der Waals surface area contributed by atoms with Crippen molar-refractivity contribution >= 4 is 16.3 Å². The van der Waals surface area contributed by atoms with Crippen molar-refractivity contribution in [1.29, 1.82) is 0 Å². The summed E-state index contributed by atoms with van der Waals surface area (Å²) in [7, 11) is 0. The number of aryl methyl sites for hydroxylation is 1. The van der Waals surface area contributed by atoms with Gasteiger partial charge in [0.05, 0.1) is 12.0 Å². The molecule has 0 amide bonds. The van der Waals surface area contributed by atoms with Crippen LogP contribution in [0.2, 0.25) is 0 Å². The number of fused-ring (bicyclic) bond motifs is 1. The Morgan fingerprint density at radius 2 is 2.43 bits per heavy atom. The van der Waals surface area contributed by atoms with Gasteiger partial charge in [0.15, 0.2) is 5.76 Å². The van der Waals surface area contributed by atoms with Gasteiger partial charge in [-0.1, -0.05) is 0 Å². The zero-order valence-corrected chi connectivity index (χ0v) is 8.28. The Kier molecular flexibility index (Phi) is 1.49. The highest BCUT2D eigenvalue weighted by molar-refractivity contribution is 7.15. The van der Waals surface area contributed by atoms with Crippen LogP contribution in [0.4, 0.5) is 0 Å². The molecule has 3 heterocycles. The molecule has 14 heavy (non-hydrogen) atoms. The lowest BCUT2D eigenvalue weighted by Crippen LogP contribution is -1.85. The van der Waals surface area contributed by atoms with E-state index < -0.39 is 0 Å². The Morgan fingerprint density at radius 3 is 3.14 bits per heavy atom. The standard InChI is InChI=1S/C9H7N3OS/c1-6-5-14-9-10-8(11-12(6)9)7-3-2-4-13-7/h2-5H,1H3. The molecule has 0 fully saturated rings. The molecule has 0 aliphatic carbocycles. The summed E-state index contributed by atoms with van der Waals surface area (Å²) in [5, 5.41) is 6.37. The Balaban J connectivity index is 2.24. The SMILES string of the molecule is Cc1csc2nc(-c3ccco3)nn12. The smallest absolute Gasteiger partial charge is 0.218 e. The molecule has 4 nitrogen and oxygen atoms in total. The van der Waals surface area contributed by atoms with Gasteiger partial charge in [-0.3, -0.25) is 0 Å². The van der Waals surface area contributed by atoms with Crippen molar-refractivity contribution in [2.75, 3.05) is 0 Å². The Labute approximate surface area is 83.8 Å². The predicted molar refractivity (Wildman–Crippen MR) is 53.3 cm³/mol. The monoisotopic (exact) mass is 205 g/mol. The summed E-state index contributed by atoms with van der Waals surface area (Å²) >= 11 is 1.58. The fourth-order valence-corrected chi connectivity index (χ4v) is 2.10. The van der Waals surface area contributed by atoms with Crippen molar-refractivity contribution in [3.8, 4) is 11.6 Å². The molecular formula is C9H7N3OS. The summed E-state index contributed by atoms with van der Waals surface area (Å²) in [6.07, 6.45) is 1.62. The highest BCUT2D eigenvalue weighted by Gasteiger charge is 2.10. The van der Waals surface area contributed by atoms with Crippen LogP contribution in [-0.4, -0.2) is 14.6 Å². The second kappa shape index (κ2) is 2.68. The van der Waals surface area contributed by atoms with Gasteiger partial charge in [-0.25, -0.2) is 4.52 Å². The molecule has 0 unspecified atom stereocenters. The van der Waals surface area contributed by atoms with Gasteiger partial charge in [0.25, 0.3) is 0 Å². The van der Waals surface area contributed by atoms with Crippen LogP contribution in [0.3, 0.4) is 0 Å². The molecule has 0 aromatic carbocycles. The van der Waals surface area contributed by atoms with Gasteiger partial charge in [0, 0.05) is 5.38 Å². The van der Waals surface area contributed by atoms with Crippen molar-refractivity contribution in [1.82, 2.24) is 14.6 Å². The minimum Gasteiger partial charge on any atom is -0.461 e. The summed E-state index contributed by atoms with van der Waals surface area (Å²) in [5.41, 5.74) is 1.09. The molecule has 0 radical (unpaired) electrons. The number of furan rings is 1. The summed E-state index contributed by atoms with van der Waals surface area (Å²) in [6, 6.07) is 3.69. The van der Waals surface area contributed by atoms with E-state index >= 15 is 0 Å². The third-order valence-electron chi connectivity index (χ3n) is 1.99. The second-order valence-electron chi connectivity index (χ2n) is 2.98. The first-order valence-electron chi connectivity index (χ1n) is 4.19. The number of nitrogens with zero attached hydrogens (tertiary/aromatic N) is 3. The van der Waals surface area contributed by atoms with Crippen molar-refractivity contribution in [3.63, 3.8) is 0 Å². The lowest BCUT2D eigenvalue weighted by atomic mass is 10.4. The molecule has 0 atom stereocenters. The van der Waals surface area contributed by atoms with Crippen LogP contribution in [0.5, 0.6) is 0 Å². The highest BCUT2D eigenvalue weighted by atomic mass is 32.1. The predicted octanol–water partition coefficient (Wildman–Crippen LogP) is 2.36. The van der Waals surface area contributed by atoms with E-state index in [0.29, 0.717) is 11.6 Å². The summed E-state index contributed by atoms with van der Waals surface area (Å²) < 4.78 is 7.05. The minimum atomic E-state index is 0.643. The number of aromatic nitrogens is 3. The molecule has 0 aliphatic rings. The first-order chi connectivity index (χ1) is 6.84. The summed E-state index contributed by atoms with van der Waals surface area (Å²) in [5.74, 6) is 1.35. The largest absolute Gasteiger partial charge is 0.461 e. The van der Waals surface area contributed by atoms with E-state index in [1.807, 2.05) is 29.0 Å². The maximum Gasteiger partial charge on any atom is 0.218 e. The van der Waals surface area contributed by atoms with E-state index in [-0.39, 0.29) is 0 Å². The van der Waals surface area contributed by atoms with Gasteiger partial charge >= 0.3 is 0 Å². The Bertz CT molecular complexity index is 564. The van der Waals surface area contributed by atoms with Gasteiger partial charge in [0.2, 0.25) is 10.8 Å². The van der Waals surface area contributed by atoms with Crippen molar-refractivity contribution in [2.45, 2.75) is 6.92 Å². The van der Waals surface area contributed by atoms with Crippen LogP contribution in [0.1, 0.15) is 5.69 Å². The molecule has 3 aromatic heterocycles. The molecule has 3 aromatic rings. The lowest BCUT2D eigenvalue weighted by Gasteiger charge is -1.85. The molecule has 70 valence electrons. The Hall–Kier alpha value is -1.62. The number of hydrogen-bond donors (Lipinski definition) is 0. The van der Waals surface area contributed by atoms with Crippen molar-refractivity contribution < 1.29 is 4.42 Å². The third kappa shape index (κ3) is 0.990. The fraction of sp³-hybridized carbons (Fsp3) is 0.111. The zero-order chi connectivity index (χ0) is 9.54. The summed E-state index contributed by atoms with van der Waals surface area (Å²) in [4.78, 5) is 5.25. The van der Waals surface area contributed by atoms with Gasteiger partial charge in [-0.05, 0) is 19.1 Å². The molecule has 0 bridgehead atoms. The normalized spacial score (nSPS) is 11.2. The quantitative estimate of drug-likeness (QED) is 0.612. The maximum absolute atomic E-state index is 5.22. The highest BCUT2D eigenvalue weighted by Crippen LogP contribution is 2.20. The molecule has 0 N–H and O–H groups in total. The van der Waals surface area contributed by atoms with E-state index in [2.05, 4.69) is 10.1 Å². The van der Waals surface area contributed by atoms with E-state index in [1.54, 1.807) is 17.6 Å². The average Bonchev–Trinajstić information content (AvgIpc) is 2.83. The zero-order valence-electron chi connectivity index (χ0n) is 7.47. The van der Waals surface area contributed by atoms with Crippen molar-refractivity contribution in [3.05, 3.63) is 29.5 Å². The maximum atomic E-state index is 5.22. The minimum absolute atomic E-state index is 0.643. The molecule has 0 saturated heterocycles. The topological polar surface area (TPSA) is 43.3 Å². The number of rotatable bonds is 1. The summed E-state index contributed by atoms with van der Waals surface area (Å²) in [6.45, 7) is 2.00. The molecule has 0 spiro atoms. The van der Waals surface area contributed by atoms with Crippen LogP contribution in [-0.2, 0) is 0 Å². The van der Waals surface area contributed by atoms with Crippen LogP contribution in [0.25, 0.3) is 16.5 Å². The van der Waals surface area contributed by atoms with Gasteiger partial charge < -0.3 is 4.42 Å². The molecule has 0 saturated carbocycles. The first kappa shape index (κ1) is 7.75. The number of thiazole rings is 1. The number of hydrogen-bond acceptors (Lipinski definition) is 4. The van der Waals surface area contributed by atoms with E-state index in [9.17, 15) is 0 Å². The van der Waals surface area contributed by atoms with Crippen LogP contribution in [0, 0.1) is 6.92 Å². The molecule has 5 heteroatoms. The van der Waals surface area contributed by atoms with Gasteiger partial charge in [0.1, 0.15) is 0 Å². The molecule has 3 rings (SSSR count). The van der Waals surface area contributed by atoms with Gasteiger partial charge in [-0.2, -0.15) is 4.98 Å². The first-order valence-corrected chi connectivity index (χ1v) is 5.07. The van der Waals surface area contributed by atoms with E-state index in [1.165, 1.54) is 0 Å².